The van der Waals surface area contributed by atoms with Crippen LogP contribution >= 0.6 is 11.8 Å². The Kier molecular flexibility index (Phi) is 5.04. The minimum absolute atomic E-state index is 0.949. The van der Waals surface area contributed by atoms with E-state index in [-0.39, 0.29) is 0 Å². The van der Waals surface area contributed by atoms with Crippen LogP contribution in [-0.2, 0) is 0 Å². The van der Waals surface area contributed by atoms with Crippen molar-refractivity contribution >= 4 is 11.8 Å². The summed E-state index contributed by atoms with van der Waals surface area (Å²) < 4.78 is 0. The van der Waals surface area contributed by atoms with Crippen LogP contribution in [0.15, 0.2) is 0 Å². The van der Waals surface area contributed by atoms with Crippen LogP contribution in [0, 0.1) is 0 Å². The van der Waals surface area contributed by atoms with E-state index in [4.69, 9.17) is 0 Å². The minimum atomic E-state index is 0.949. The van der Waals surface area contributed by atoms with Crippen molar-refractivity contribution in [2.75, 3.05) is 18.8 Å². The second-order valence-corrected chi connectivity index (χ2v) is 4.58. The Bertz CT molecular complexity index is 87.6. The van der Waals surface area contributed by atoms with E-state index in [9.17, 15) is 0 Å². The van der Waals surface area contributed by atoms with Crippen molar-refractivity contribution in [2.24, 2.45) is 0 Å². The van der Waals surface area contributed by atoms with E-state index in [0.29, 0.717) is 0 Å². The Labute approximate surface area is 74.3 Å². The lowest BCUT2D eigenvalue weighted by atomic mass is 10.2. The highest BCUT2D eigenvalue weighted by atomic mass is 32.2. The second-order valence-electron chi connectivity index (χ2n) is 3.17. The summed E-state index contributed by atoms with van der Waals surface area (Å²) in [6.45, 7) is 4.74. The molecule has 1 atom stereocenters. The van der Waals surface area contributed by atoms with Crippen molar-refractivity contribution in [3.05, 3.63) is 0 Å². The van der Waals surface area contributed by atoms with Gasteiger partial charge in [0.1, 0.15) is 0 Å². The number of thioether (sulfide) groups is 1. The van der Waals surface area contributed by atoms with Crippen molar-refractivity contribution in [1.82, 2.24) is 5.32 Å². The van der Waals surface area contributed by atoms with Crippen molar-refractivity contribution in [1.29, 1.82) is 0 Å². The van der Waals surface area contributed by atoms with E-state index < -0.39 is 0 Å². The summed E-state index contributed by atoms with van der Waals surface area (Å²) >= 11 is 2.17. The van der Waals surface area contributed by atoms with Gasteiger partial charge in [-0.3, -0.25) is 0 Å². The lowest BCUT2D eigenvalue weighted by Crippen LogP contribution is -2.14. The van der Waals surface area contributed by atoms with E-state index in [1.165, 1.54) is 44.5 Å². The molecule has 1 nitrogen and oxygen atoms in total. The Morgan fingerprint density at radius 3 is 3.09 bits per heavy atom. The van der Waals surface area contributed by atoms with Gasteiger partial charge in [0.05, 0.1) is 0 Å². The van der Waals surface area contributed by atoms with Gasteiger partial charge in [-0.1, -0.05) is 6.92 Å². The maximum Gasteiger partial charge on any atom is 0.00595 e. The third-order valence-corrected chi connectivity index (χ3v) is 3.67. The largest absolute Gasteiger partial charge is 0.317 e. The predicted octanol–water partition coefficient (Wildman–Crippen LogP) is 2.27. The topological polar surface area (TPSA) is 12.0 Å². The zero-order chi connectivity index (χ0) is 7.94. The van der Waals surface area contributed by atoms with E-state index >= 15 is 0 Å². The number of hydrogen-bond acceptors (Lipinski definition) is 2. The molecule has 0 bridgehead atoms. The summed E-state index contributed by atoms with van der Waals surface area (Å²) in [6, 6.07) is 0. The van der Waals surface area contributed by atoms with E-state index in [1.54, 1.807) is 0 Å². The summed E-state index contributed by atoms with van der Waals surface area (Å²) in [5, 5.41) is 4.39. The molecule has 0 saturated carbocycles. The standard InChI is InChI=1S/C9H19NS/c1-2-8-11-9-4-3-6-10-7-5-9/h9-10H,2-8H2,1H3. The molecule has 0 spiro atoms. The summed E-state index contributed by atoms with van der Waals surface area (Å²) in [5.41, 5.74) is 0. The third-order valence-electron chi connectivity index (χ3n) is 2.08. The summed E-state index contributed by atoms with van der Waals surface area (Å²) in [5.74, 6) is 1.35. The average molecular weight is 173 g/mol. The summed E-state index contributed by atoms with van der Waals surface area (Å²) in [6.07, 6.45) is 5.51. The van der Waals surface area contributed by atoms with Gasteiger partial charge in [0.25, 0.3) is 0 Å². The van der Waals surface area contributed by atoms with Gasteiger partial charge in [0.15, 0.2) is 0 Å². The molecule has 1 aliphatic rings. The molecular formula is C9H19NS. The fourth-order valence-corrected chi connectivity index (χ4v) is 2.63. The minimum Gasteiger partial charge on any atom is -0.317 e. The molecule has 0 radical (unpaired) electrons. The molecule has 66 valence electrons. The molecule has 0 aromatic heterocycles. The Morgan fingerprint density at radius 2 is 2.27 bits per heavy atom. The van der Waals surface area contributed by atoms with Crippen LogP contribution in [0.3, 0.4) is 0 Å². The smallest absolute Gasteiger partial charge is 0.00595 e. The van der Waals surface area contributed by atoms with E-state index in [1.807, 2.05) is 0 Å². The Hall–Kier alpha value is 0.310. The van der Waals surface area contributed by atoms with Crippen molar-refractivity contribution in [3.63, 3.8) is 0 Å². The van der Waals surface area contributed by atoms with Crippen LogP contribution in [0.5, 0.6) is 0 Å². The predicted molar refractivity (Wildman–Crippen MR) is 53.3 cm³/mol. The first-order valence-corrected chi connectivity index (χ1v) is 5.80. The third kappa shape index (κ3) is 4.02. The van der Waals surface area contributed by atoms with Gasteiger partial charge >= 0.3 is 0 Å². The monoisotopic (exact) mass is 173 g/mol. The molecular weight excluding hydrogens is 154 g/mol. The molecule has 11 heavy (non-hydrogen) atoms. The molecule has 0 amide bonds. The summed E-state index contributed by atoms with van der Waals surface area (Å²) in [4.78, 5) is 0. The maximum atomic E-state index is 3.44. The normalized spacial score (nSPS) is 26.5. The zero-order valence-corrected chi connectivity index (χ0v) is 8.25. The first kappa shape index (κ1) is 9.40. The Morgan fingerprint density at radius 1 is 1.36 bits per heavy atom. The van der Waals surface area contributed by atoms with Crippen molar-refractivity contribution in [3.8, 4) is 0 Å². The fraction of sp³-hybridized carbons (Fsp3) is 1.00. The van der Waals surface area contributed by atoms with Crippen LogP contribution in [0.2, 0.25) is 0 Å². The lowest BCUT2D eigenvalue weighted by molar-refractivity contribution is 0.703. The zero-order valence-electron chi connectivity index (χ0n) is 7.44. The van der Waals surface area contributed by atoms with Gasteiger partial charge in [-0.25, -0.2) is 0 Å². The molecule has 1 N–H and O–H groups in total. The molecule has 1 heterocycles. The molecule has 1 aliphatic heterocycles. The first-order chi connectivity index (χ1) is 5.43. The molecule has 0 aliphatic carbocycles. The van der Waals surface area contributed by atoms with Gasteiger partial charge in [-0.15, -0.1) is 0 Å². The van der Waals surface area contributed by atoms with Crippen molar-refractivity contribution in [2.45, 2.75) is 37.9 Å². The van der Waals surface area contributed by atoms with Gasteiger partial charge in [-0.2, -0.15) is 11.8 Å². The van der Waals surface area contributed by atoms with Crippen molar-refractivity contribution < 1.29 is 0 Å². The highest BCUT2D eigenvalue weighted by Gasteiger charge is 2.10. The van der Waals surface area contributed by atoms with Crippen LogP contribution in [0.1, 0.15) is 32.6 Å². The highest BCUT2D eigenvalue weighted by molar-refractivity contribution is 7.99. The second kappa shape index (κ2) is 5.90. The summed E-state index contributed by atoms with van der Waals surface area (Å²) in [7, 11) is 0. The van der Waals surface area contributed by atoms with E-state index in [2.05, 4.69) is 24.0 Å². The molecule has 1 unspecified atom stereocenters. The average Bonchev–Trinajstić information content (AvgIpc) is 2.28. The Balaban J connectivity index is 2.09. The number of nitrogens with one attached hydrogen (secondary N) is 1. The van der Waals surface area contributed by atoms with Crippen LogP contribution in [0.4, 0.5) is 0 Å². The van der Waals surface area contributed by atoms with E-state index in [0.717, 1.165) is 5.25 Å². The highest BCUT2D eigenvalue weighted by Crippen LogP contribution is 2.21. The quantitative estimate of drug-likeness (QED) is 0.702. The first-order valence-electron chi connectivity index (χ1n) is 4.76. The maximum absolute atomic E-state index is 3.44. The molecule has 0 aromatic rings. The molecule has 1 rings (SSSR count). The molecule has 0 aromatic carbocycles. The van der Waals surface area contributed by atoms with Gasteiger partial charge < -0.3 is 5.32 Å². The number of hydrogen-bond donors (Lipinski definition) is 1. The van der Waals surface area contributed by atoms with Crippen LogP contribution in [0.25, 0.3) is 0 Å². The SMILES string of the molecule is CCCSC1CCCNCC1. The molecule has 1 fully saturated rings. The van der Waals surface area contributed by atoms with Gasteiger partial charge in [0.2, 0.25) is 0 Å². The van der Waals surface area contributed by atoms with Crippen LogP contribution < -0.4 is 5.32 Å². The molecule has 1 saturated heterocycles. The lowest BCUT2D eigenvalue weighted by Gasteiger charge is -2.11. The van der Waals surface area contributed by atoms with Gasteiger partial charge in [0, 0.05) is 5.25 Å². The van der Waals surface area contributed by atoms with Crippen LogP contribution in [-0.4, -0.2) is 24.1 Å². The molecule has 2 heteroatoms. The number of rotatable bonds is 3. The van der Waals surface area contributed by atoms with Gasteiger partial charge in [-0.05, 0) is 44.5 Å². The fourth-order valence-electron chi connectivity index (χ4n) is 1.44.